The van der Waals surface area contributed by atoms with Gasteiger partial charge in [0.2, 0.25) is 11.7 Å². The van der Waals surface area contributed by atoms with E-state index in [9.17, 15) is 4.79 Å². The van der Waals surface area contributed by atoms with Crippen molar-refractivity contribution in [1.29, 1.82) is 0 Å². The molecule has 2 aromatic heterocycles. The van der Waals surface area contributed by atoms with Crippen molar-refractivity contribution < 1.29 is 9.32 Å². The molecule has 1 aliphatic heterocycles. The third-order valence-electron chi connectivity index (χ3n) is 5.86. The Bertz CT molecular complexity index is 1240. The Morgan fingerprint density at radius 3 is 2.59 bits per heavy atom. The van der Waals surface area contributed by atoms with E-state index in [0.717, 1.165) is 36.2 Å². The highest BCUT2D eigenvalue weighted by molar-refractivity contribution is 5.97. The van der Waals surface area contributed by atoms with Crippen LogP contribution in [0.25, 0.3) is 22.4 Å². The minimum absolute atomic E-state index is 0.0250. The number of aryl methyl sites for hydroxylation is 2. The molecule has 0 bridgehead atoms. The third-order valence-corrected chi connectivity index (χ3v) is 5.86. The van der Waals surface area contributed by atoms with Gasteiger partial charge in [-0.25, -0.2) is 4.68 Å². The average Bonchev–Trinajstić information content (AvgIpc) is 3.46. The summed E-state index contributed by atoms with van der Waals surface area (Å²) in [7, 11) is 0. The van der Waals surface area contributed by atoms with Crippen LogP contribution < -0.4 is 0 Å². The molecule has 0 atom stereocenters. The highest BCUT2D eigenvalue weighted by Crippen LogP contribution is 2.19. The third kappa shape index (κ3) is 3.99. The van der Waals surface area contributed by atoms with Crippen molar-refractivity contribution in [2.45, 2.75) is 26.9 Å². The summed E-state index contributed by atoms with van der Waals surface area (Å²) < 4.78 is 7.27. The van der Waals surface area contributed by atoms with Crippen molar-refractivity contribution in [1.82, 2.24) is 34.9 Å². The van der Waals surface area contributed by atoms with Crippen molar-refractivity contribution in [3.63, 3.8) is 0 Å². The van der Waals surface area contributed by atoms with Gasteiger partial charge in [-0.05, 0) is 32.0 Å². The first kappa shape index (κ1) is 20.3. The van der Waals surface area contributed by atoms with E-state index >= 15 is 0 Å². The molecule has 1 aliphatic rings. The number of aromatic nitrogens is 5. The molecule has 4 aromatic rings. The first-order valence-corrected chi connectivity index (χ1v) is 10.8. The summed E-state index contributed by atoms with van der Waals surface area (Å²) in [6.07, 6.45) is 0. The zero-order valence-electron chi connectivity index (χ0n) is 18.2. The lowest BCUT2D eigenvalue weighted by molar-refractivity contribution is 0.0615. The molecule has 5 rings (SSSR count). The number of benzene rings is 2. The molecule has 32 heavy (non-hydrogen) atoms. The Morgan fingerprint density at radius 2 is 1.84 bits per heavy atom. The number of hydrogen-bond donors (Lipinski definition) is 0. The van der Waals surface area contributed by atoms with Crippen molar-refractivity contribution in [2.24, 2.45) is 0 Å². The molecule has 9 heteroatoms. The maximum Gasteiger partial charge on any atom is 0.254 e. The SMILES string of the molecule is CCn1nnc2cc(C(=O)N3CCN(Cc4nc(-c5ccc(C)cc5)no4)CC3)ccc21. The van der Waals surface area contributed by atoms with Gasteiger partial charge in [-0.15, -0.1) is 5.10 Å². The van der Waals surface area contributed by atoms with E-state index in [1.54, 1.807) is 0 Å². The average molecular weight is 432 g/mol. The van der Waals surface area contributed by atoms with Crippen molar-refractivity contribution >= 4 is 16.9 Å². The quantitative estimate of drug-likeness (QED) is 0.480. The molecule has 164 valence electrons. The summed E-state index contributed by atoms with van der Waals surface area (Å²) in [5.41, 5.74) is 4.47. The van der Waals surface area contributed by atoms with Gasteiger partial charge in [-0.3, -0.25) is 9.69 Å². The molecule has 0 N–H and O–H groups in total. The smallest absolute Gasteiger partial charge is 0.254 e. The lowest BCUT2D eigenvalue weighted by Gasteiger charge is -2.34. The Balaban J connectivity index is 1.19. The highest BCUT2D eigenvalue weighted by Gasteiger charge is 2.24. The Labute approximate surface area is 185 Å². The van der Waals surface area contributed by atoms with Gasteiger partial charge in [-0.1, -0.05) is 40.2 Å². The van der Waals surface area contributed by atoms with E-state index in [1.807, 2.05) is 65.9 Å². The molecule has 1 amide bonds. The van der Waals surface area contributed by atoms with Gasteiger partial charge in [-0.2, -0.15) is 4.98 Å². The monoisotopic (exact) mass is 431 g/mol. The maximum atomic E-state index is 13.0. The van der Waals surface area contributed by atoms with E-state index in [4.69, 9.17) is 4.52 Å². The number of carbonyl (C=O) groups excluding carboxylic acids is 1. The number of amides is 1. The molecular formula is C23H25N7O2. The van der Waals surface area contributed by atoms with Gasteiger partial charge in [0.1, 0.15) is 5.52 Å². The highest BCUT2D eigenvalue weighted by atomic mass is 16.5. The molecule has 9 nitrogen and oxygen atoms in total. The van der Waals surface area contributed by atoms with Crippen molar-refractivity contribution in [2.75, 3.05) is 26.2 Å². The lowest BCUT2D eigenvalue weighted by atomic mass is 10.1. The van der Waals surface area contributed by atoms with Gasteiger partial charge in [0, 0.05) is 43.9 Å². The predicted octanol–water partition coefficient (Wildman–Crippen LogP) is 2.77. The molecule has 0 unspecified atom stereocenters. The van der Waals surface area contributed by atoms with Crippen LogP contribution in [0.15, 0.2) is 47.0 Å². The van der Waals surface area contributed by atoms with Crippen LogP contribution in [-0.4, -0.2) is 67.0 Å². The molecule has 1 saturated heterocycles. The topological polar surface area (TPSA) is 93.2 Å². The van der Waals surface area contributed by atoms with E-state index in [-0.39, 0.29) is 5.91 Å². The summed E-state index contributed by atoms with van der Waals surface area (Å²) in [6.45, 7) is 8.19. The summed E-state index contributed by atoms with van der Waals surface area (Å²) in [6, 6.07) is 13.7. The summed E-state index contributed by atoms with van der Waals surface area (Å²) in [5.74, 6) is 1.21. The second-order valence-electron chi connectivity index (χ2n) is 8.05. The molecule has 0 spiro atoms. The normalized spacial score (nSPS) is 14.9. The van der Waals surface area contributed by atoms with Crippen LogP contribution >= 0.6 is 0 Å². The van der Waals surface area contributed by atoms with Gasteiger partial charge < -0.3 is 9.42 Å². The van der Waals surface area contributed by atoms with Crippen LogP contribution in [0.1, 0.15) is 28.7 Å². The lowest BCUT2D eigenvalue weighted by Crippen LogP contribution is -2.48. The van der Waals surface area contributed by atoms with Gasteiger partial charge in [0.25, 0.3) is 5.91 Å². The zero-order valence-corrected chi connectivity index (χ0v) is 18.2. The summed E-state index contributed by atoms with van der Waals surface area (Å²) in [5, 5.41) is 12.4. The fourth-order valence-electron chi connectivity index (χ4n) is 3.96. The number of carbonyl (C=O) groups is 1. The minimum atomic E-state index is 0.0250. The number of hydrogen-bond acceptors (Lipinski definition) is 7. The van der Waals surface area contributed by atoms with Crippen LogP contribution in [0.2, 0.25) is 0 Å². The summed E-state index contributed by atoms with van der Waals surface area (Å²) in [4.78, 5) is 21.6. The van der Waals surface area contributed by atoms with Crippen LogP contribution in [0.5, 0.6) is 0 Å². The van der Waals surface area contributed by atoms with Gasteiger partial charge in [0.05, 0.1) is 12.1 Å². The van der Waals surface area contributed by atoms with Crippen LogP contribution in [0, 0.1) is 6.92 Å². The molecule has 0 aliphatic carbocycles. The minimum Gasteiger partial charge on any atom is -0.338 e. The molecule has 1 fully saturated rings. The number of piperazine rings is 1. The molecule has 0 radical (unpaired) electrons. The zero-order chi connectivity index (χ0) is 22.1. The van der Waals surface area contributed by atoms with Gasteiger partial charge in [0.15, 0.2) is 0 Å². The maximum absolute atomic E-state index is 13.0. The molecule has 2 aromatic carbocycles. The second kappa shape index (κ2) is 8.51. The second-order valence-corrected chi connectivity index (χ2v) is 8.05. The fourth-order valence-corrected chi connectivity index (χ4v) is 3.96. The van der Waals surface area contributed by atoms with E-state index in [1.165, 1.54) is 5.56 Å². The van der Waals surface area contributed by atoms with Crippen LogP contribution in [0.4, 0.5) is 0 Å². The number of fused-ring (bicyclic) bond motifs is 1. The van der Waals surface area contributed by atoms with Crippen molar-refractivity contribution in [3.05, 3.63) is 59.5 Å². The predicted molar refractivity (Wildman–Crippen MR) is 119 cm³/mol. The molecular weight excluding hydrogens is 406 g/mol. The van der Waals surface area contributed by atoms with E-state index in [0.29, 0.717) is 36.9 Å². The standard InChI is InChI=1S/C23H25N7O2/c1-3-30-20-9-8-18(14-19(20)25-27-30)23(31)29-12-10-28(11-13-29)15-21-24-22(26-32-21)17-6-4-16(2)5-7-17/h4-9,14H,3,10-13,15H2,1-2H3. The largest absolute Gasteiger partial charge is 0.338 e. The first-order valence-electron chi connectivity index (χ1n) is 10.8. The Kier molecular flexibility index (Phi) is 5.40. The fraction of sp³-hybridized carbons (Fsp3) is 0.348. The summed E-state index contributed by atoms with van der Waals surface area (Å²) >= 11 is 0. The van der Waals surface area contributed by atoms with Gasteiger partial charge >= 0.3 is 0 Å². The molecule has 3 heterocycles. The van der Waals surface area contributed by atoms with E-state index < -0.39 is 0 Å². The van der Waals surface area contributed by atoms with Crippen molar-refractivity contribution in [3.8, 4) is 11.4 Å². The van der Waals surface area contributed by atoms with Crippen LogP contribution in [0.3, 0.4) is 0 Å². The molecule has 0 saturated carbocycles. The number of nitrogens with zero attached hydrogens (tertiary/aromatic N) is 7. The Morgan fingerprint density at radius 1 is 1.06 bits per heavy atom. The van der Waals surface area contributed by atoms with Crippen LogP contribution in [-0.2, 0) is 13.1 Å². The first-order chi connectivity index (χ1) is 15.6. The van der Waals surface area contributed by atoms with E-state index in [2.05, 4.69) is 25.4 Å². The number of rotatable bonds is 5. The Hall–Kier alpha value is -3.59.